The van der Waals surface area contributed by atoms with Crippen molar-refractivity contribution in [3.05, 3.63) is 29.8 Å². The second-order valence-corrected chi connectivity index (χ2v) is 4.62. The molecule has 100 valence electrons. The molecule has 0 bridgehead atoms. The molecule has 0 radical (unpaired) electrons. The molecule has 1 N–H and O–H groups in total. The Hall–Kier alpha value is -1.06. The van der Waals surface area contributed by atoms with Crippen molar-refractivity contribution in [3.63, 3.8) is 0 Å². The minimum atomic E-state index is 0.173. The van der Waals surface area contributed by atoms with Crippen molar-refractivity contribution in [2.24, 2.45) is 5.92 Å². The summed E-state index contributed by atoms with van der Waals surface area (Å²) in [5.41, 5.74) is 1.19. The van der Waals surface area contributed by atoms with E-state index in [2.05, 4.69) is 24.4 Å². The van der Waals surface area contributed by atoms with Crippen molar-refractivity contribution >= 4 is 0 Å². The number of para-hydroxylation sites is 1. The van der Waals surface area contributed by atoms with Gasteiger partial charge in [-0.1, -0.05) is 25.1 Å². The monoisotopic (exact) mass is 249 g/mol. The number of benzene rings is 1. The van der Waals surface area contributed by atoms with Gasteiger partial charge in [-0.2, -0.15) is 0 Å². The first-order valence-corrected chi connectivity index (χ1v) is 6.90. The van der Waals surface area contributed by atoms with Crippen molar-refractivity contribution in [1.82, 2.24) is 5.32 Å². The highest BCUT2D eigenvalue weighted by Crippen LogP contribution is 2.38. The summed E-state index contributed by atoms with van der Waals surface area (Å²) in [6.07, 6.45) is 1.30. The van der Waals surface area contributed by atoms with Gasteiger partial charge in [-0.05, 0) is 26.0 Å². The van der Waals surface area contributed by atoms with Crippen molar-refractivity contribution < 1.29 is 9.47 Å². The number of ether oxygens (including phenoxy) is 2. The highest BCUT2D eigenvalue weighted by molar-refractivity contribution is 5.36. The van der Waals surface area contributed by atoms with Gasteiger partial charge in [0.15, 0.2) is 0 Å². The standard InChI is InChI=1S/C15H23NO2/c1-3-16-11-12-9-10-18-15(12)13-7-5-6-8-14(13)17-4-2/h5-8,12,15-16H,3-4,9-11H2,1-2H3. The zero-order valence-electron chi connectivity index (χ0n) is 11.3. The second kappa shape index (κ2) is 6.76. The van der Waals surface area contributed by atoms with Gasteiger partial charge >= 0.3 is 0 Å². The molecule has 1 heterocycles. The molecule has 0 amide bonds. The summed E-state index contributed by atoms with van der Waals surface area (Å²) in [5.74, 6) is 1.51. The quantitative estimate of drug-likeness (QED) is 0.841. The average Bonchev–Trinajstić information content (AvgIpc) is 2.85. The lowest BCUT2D eigenvalue weighted by Crippen LogP contribution is -2.24. The molecule has 3 heteroatoms. The maximum absolute atomic E-state index is 5.92. The Morgan fingerprint density at radius 1 is 1.33 bits per heavy atom. The maximum Gasteiger partial charge on any atom is 0.125 e. The number of nitrogens with one attached hydrogen (secondary N) is 1. The van der Waals surface area contributed by atoms with Crippen LogP contribution in [-0.2, 0) is 4.74 Å². The van der Waals surface area contributed by atoms with E-state index in [0.717, 1.165) is 31.9 Å². The Balaban J connectivity index is 2.13. The molecular formula is C15H23NO2. The zero-order valence-corrected chi connectivity index (χ0v) is 11.3. The lowest BCUT2D eigenvalue weighted by molar-refractivity contribution is 0.0878. The summed E-state index contributed by atoms with van der Waals surface area (Å²) in [7, 11) is 0. The molecule has 0 spiro atoms. The van der Waals surface area contributed by atoms with E-state index in [4.69, 9.17) is 9.47 Å². The highest BCUT2D eigenvalue weighted by atomic mass is 16.5. The van der Waals surface area contributed by atoms with Gasteiger partial charge in [0.25, 0.3) is 0 Å². The molecule has 1 saturated heterocycles. The van der Waals surface area contributed by atoms with E-state index in [1.807, 2.05) is 19.1 Å². The Labute approximate surface area is 109 Å². The molecule has 1 aliphatic rings. The Kier molecular flexibility index (Phi) is 5.02. The first-order valence-electron chi connectivity index (χ1n) is 6.90. The van der Waals surface area contributed by atoms with E-state index in [-0.39, 0.29) is 6.10 Å². The fraction of sp³-hybridized carbons (Fsp3) is 0.600. The highest BCUT2D eigenvalue weighted by Gasteiger charge is 2.31. The molecule has 1 aromatic rings. The van der Waals surface area contributed by atoms with Crippen LogP contribution >= 0.6 is 0 Å². The average molecular weight is 249 g/mol. The molecular weight excluding hydrogens is 226 g/mol. The lowest BCUT2D eigenvalue weighted by atomic mass is 9.94. The van der Waals surface area contributed by atoms with E-state index in [1.54, 1.807) is 0 Å². The van der Waals surface area contributed by atoms with Crippen LogP contribution in [0, 0.1) is 5.92 Å². The van der Waals surface area contributed by atoms with E-state index >= 15 is 0 Å². The molecule has 0 saturated carbocycles. The van der Waals surface area contributed by atoms with Gasteiger partial charge in [0.2, 0.25) is 0 Å². The summed E-state index contributed by atoms with van der Waals surface area (Å²) in [6, 6.07) is 8.23. The summed E-state index contributed by atoms with van der Waals surface area (Å²) in [5, 5.41) is 3.42. The van der Waals surface area contributed by atoms with Gasteiger partial charge in [0.1, 0.15) is 5.75 Å². The SMILES string of the molecule is CCNCC1CCOC1c1ccccc1OCC. The summed E-state index contributed by atoms with van der Waals surface area (Å²) >= 11 is 0. The lowest BCUT2D eigenvalue weighted by Gasteiger charge is -2.21. The first kappa shape index (κ1) is 13.4. The molecule has 2 rings (SSSR count). The Bertz CT molecular complexity index is 367. The van der Waals surface area contributed by atoms with Crippen LogP contribution in [0.25, 0.3) is 0 Å². The second-order valence-electron chi connectivity index (χ2n) is 4.62. The third-order valence-corrected chi connectivity index (χ3v) is 3.40. The predicted molar refractivity (Wildman–Crippen MR) is 73.0 cm³/mol. The zero-order chi connectivity index (χ0) is 12.8. The molecule has 0 aliphatic carbocycles. The van der Waals surface area contributed by atoms with Crippen LogP contribution in [0.3, 0.4) is 0 Å². The first-order chi connectivity index (χ1) is 8.86. The molecule has 1 aliphatic heterocycles. The normalized spacial score (nSPS) is 23.2. The van der Waals surface area contributed by atoms with Crippen LogP contribution < -0.4 is 10.1 Å². The van der Waals surface area contributed by atoms with E-state index in [1.165, 1.54) is 5.56 Å². The van der Waals surface area contributed by atoms with Crippen LogP contribution in [0.5, 0.6) is 5.75 Å². The summed E-state index contributed by atoms with van der Waals surface area (Å²) in [6.45, 7) is 7.72. The molecule has 2 atom stereocenters. The van der Waals surface area contributed by atoms with Gasteiger partial charge < -0.3 is 14.8 Å². The largest absolute Gasteiger partial charge is 0.493 e. The predicted octanol–water partition coefficient (Wildman–Crippen LogP) is 2.77. The van der Waals surface area contributed by atoms with Gasteiger partial charge in [-0.25, -0.2) is 0 Å². The number of hydrogen-bond acceptors (Lipinski definition) is 3. The van der Waals surface area contributed by atoms with Crippen LogP contribution in [-0.4, -0.2) is 26.3 Å². The van der Waals surface area contributed by atoms with Crippen molar-refractivity contribution in [3.8, 4) is 5.75 Å². The molecule has 1 fully saturated rings. The van der Waals surface area contributed by atoms with E-state index in [0.29, 0.717) is 12.5 Å². The van der Waals surface area contributed by atoms with Crippen LogP contribution in [0.4, 0.5) is 0 Å². The van der Waals surface area contributed by atoms with E-state index in [9.17, 15) is 0 Å². The third kappa shape index (κ3) is 3.03. The maximum atomic E-state index is 5.92. The van der Waals surface area contributed by atoms with Gasteiger partial charge in [-0.15, -0.1) is 0 Å². The van der Waals surface area contributed by atoms with Gasteiger partial charge in [0, 0.05) is 24.6 Å². The van der Waals surface area contributed by atoms with Crippen molar-refractivity contribution in [2.75, 3.05) is 26.3 Å². The summed E-state index contributed by atoms with van der Waals surface area (Å²) < 4.78 is 11.6. The Morgan fingerprint density at radius 2 is 2.17 bits per heavy atom. The summed E-state index contributed by atoms with van der Waals surface area (Å²) in [4.78, 5) is 0. The Morgan fingerprint density at radius 3 is 2.94 bits per heavy atom. The molecule has 18 heavy (non-hydrogen) atoms. The third-order valence-electron chi connectivity index (χ3n) is 3.40. The topological polar surface area (TPSA) is 30.5 Å². The smallest absolute Gasteiger partial charge is 0.125 e. The van der Waals surface area contributed by atoms with Gasteiger partial charge in [0.05, 0.1) is 12.7 Å². The number of hydrogen-bond donors (Lipinski definition) is 1. The van der Waals surface area contributed by atoms with Crippen LogP contribution in [0.1, 0.15) is 31.9 Å². The molecule has 2 unspecified atom stereocenters. The fourth-order valence-electron chi connectivity index (χ4n) is 2.52. The van der Waals surface area contributed by atoms with Crippen LogP contribution in [0.15, 0.2) is 24.3 Å². The van der Waals surface area contributed by atoms with Gasteiger partial charge in [-0.3, -0.25) is 0 Å². The minimum Gasteiger partial charge on any atom is -0.493 e. The molecule has 0 aromatic heterocycles. The van der Waals surface area contributed by atoms with E-state index < -0.39 is 0 Å². The molecule has 3 nitrogen and oxygen atoms in total. The molecule has 1 aromatic carbocycles. The minimum absolute atomic E-state index is 0.173. The fourth-order valence-corrected chi connectivity index (χ4v) is 2.52. The van der Waals surface area contributed by atoms with Crippen molar-refractivity contribution in [1.29, 1.82) is 0 Å². The number of rotatable bonds is 6. The van der Waals surface area contributed by atoms with Crippen molar-refractivity contribution in [2.45, 2.75) is 26.4 Å². The van der Waals surface area contributed by atoms with Crippen LogP contribution in [0.2, 0.25) is 0 Å².